The molecule has 2 aliphatic rings. The maximum absolute atomic E-state index is 13.5. The van der Waals surface area contributed by atoms with Gasteiger partial charge in [-0.1, -0.05) is 0 Å². The topological polar surface area (TPSA) is 95.6 Å². The Morgan fingerprint density at radius 3 is 2.29 bits per heavy atom. The molecule has 0 aromatic heterocycles. The molecule has 1 saturated carbocycles. The Bertz CT molecular complexity index is 940. The van der Waals surface area contributed by atoms with E-state index in [1.807, 2.05) is 0 Å². The summed E-state index contributed by atoms with van der Waals surface area (Å²) in [4.78, 5) is 25.9. The monoisotopic (exact) mass is 465 g/mol. The smallest absolute Gasteiger partial charge is 0.352 e. The molecule has 172 valence electrons. The first kappa shape index (κ1) is 23.5. The second kappa shape index (κ2) is 9.11. The molecule has 0 spiro atoms. The molecule has 31 heavy (non-hydrogen) atoms. The van der Waals surface area contributed by atoms with Crippen LogP contribution in [0.3, 0.4) is 0 Å². The summed E-state index contributed by atoms with van der Waals surface area (Å²) in [5.41, 5.74) is -1.65. The Hall–Kier alpha value is -2.21. The average Bonchev–Trinajstić information content (AvgIpc) is 3.55. The van der Waals surface area contributed by atoms with E-state index in [0.717, 1.165) is 6.07 Å². The number of halogens is 4. The molecule has 1 aromatic carbocycles. The molecule has 1 saturated heterocycles. The van der Waals surface area contributed by atoms with E-state index in [0.29, 0.717) is 50.9 Å². The van der Waals surface area contributed by atoms with Gasteiger partial charge in [0, 0.05) is 25.2 Å². The molecule has 2 fully saturated rings. The minimum atomic E-state index is -4.76. The van der Waals surface area contributed by atoms with Crippen molar-refractivity contribution in [2.45, 2.75) is 37.1 Å². The molecule has 1 aliphatic carbocycles. The molecule has 0 bridgehead atoms. The lowest BCUT2D eigenvalue weighted by molar-refractivity contribution is -0.137. The Balaban J connectivity index is 1.44. The van der Waals surface area contributed by atoms with Crippen LogP contribution in [0.2, 0.25) is 0 Å². The molecule has 1 aliphatic heterocycles. The minimum absolute atomic E-state index is 0.00759. The zero-order chi connectivity index (χ0) is 22.8. The lowest BCUT2D eigenvalue weighted by atomic mass is 9.96. The number of benzene rings is 1. The van der Waals surface area contributed by atoms with Crippen LogP contribution < -0.4 is 10.0 Å². The van der Waals surface area contributed by atoms with Crippen LogP contribution >= 0.6 is 0 Å². The van der Waals surface area contributed by atoms with Gasteiger partial charge in [-0.3, -0.25) is 9.59 Å². The fraction of sp³-hybridized carbons (Fsp3) is 0.579. The van der Waals surface area contributed by atoms with Crippen molar-refractivity contribution in [1.82, 2.24) is 14.9 Å². The van der Waals surface area contributed by atoms with Crippen LogP contribution in [-0.2, 0) is 21.0 Å². The highest BCUT2D eigenvalue weighted by molar-refractivity contribution is 7.90. The van der Waals surface area contributed by atoms with Gasteiger partial charge < -0.3 is 10.2 Å². The van der Waals surface area contributed by atoms with Gasteiger partial charge in [0.25, 0.3) is 5.91 Å². The second-order valence-corrected chi connectivity index (χ2v) is 9.87. The predicted molar refractivity (Wildman–Crippen MR) is 103 cm³/mol. The normalized spacial score (nSPS) is 18.1. The van der Waals surface area contributed by atoms with E-state index in [2.05, 4.69) is 10.0 Å². The van der Waals surface area contributed by atoms with Gasteiger partial charge in [0.15, 0.2) is 0 Å². The van der Waals surface area contributed by atoms with Gasteiger partial charge in [0.1, 0.15) is 5.82 Å². The molecule has 7 nitrogen and oxygen atoms in total. The van der Waals surface area contributed by atoms with Crippen LogP contribution in [0.4, 0.5) is 17.6 Å². The van der Waals surface area contributed by atoms with Crippen LogP contribution in [-0.4, -0.2) is 56.6 Å². The highest BCUT2D eigenvalue weighted by Crippen LogP contribution is 2.30. The SMILES string of the molecule is O=C(NCC1CCN(C(=O)CNS(=O)(=O)C2CC2)CC1)c1cc(F)cc(C(F)(F)F)c1. The number of alkyl halides is 3. The third-order valence-electron chi connectivity index (χ3n) is 5.39. The zero-order valence-corrected chi connectivity index (χ0v) is 17.4. The fourth-order valence-corrected chi connectivity index (χ4v) is 4.70. The quantitative estimate of drug-likeness (QED) is 0.602. The van der Waals surface area contributed by atoms with Crippen molar-refractivity contribution in [3.63, 3.8) is 0 Å². The first-order chi connectivity index (χ1) is 14.5. The fourth-order valence-electron chi connectivity index (χ4n) is 3.38. The van der Waals surface area contributed by atoms with Gasteiger partial charge in [-0.05, 0) is 49.8 Å². The number of hydrogen-bond donors (Lipinski definition) is 2. The van der Waals surface area contributed by atoms with Crippen molar-refractivity contribution < 1.29 is 35.6 Å². The van der Waals surface area contributed by atoms with Crippen LogP contribution in [0.1, 0.15) is 41.6 Å². The molecule has 1 aromatic rings. The van der Waals surface area contributed by atoms with Crippen LogP contribution in [0.5, 0.6) is 0 Å². The summed E-state index contributed by atoms with van der Waals surface area (Å²) in [7, 11) is -3.43. The maximum atomic E-state index is 13.5. The number of sulfonamides is 1. The molecular weight excluding hydrogens is 442 g/mol. The Kier molecular flexibility index (Phi) is 6.89. The number of amides is 2. The van der Waals surface area contributed by atoms with Crippen molar-refractivity contribution in [1.29, 1.82) is 0 Å². The van der Waals surface area contributed by atoms with Gasteiger partial charge in [0.05, 0.1) is 17.4 Å². The maximum Gasteiger partial charge on any atom is 0.416 e. The second-order valence-electron chi connectivity index (χ2n) is 7.83. The molecule has 0 unspecified atom stereocenters. The highest BCUT2D eigenvalue weighted by atomic mass is 32.2. The molecule has 2 amide bonds. The number of nitrogens with one attached hydrogen (secondary N) is 2. The zero-order valence-electron chi connectivity index (χ0n) is 16.5. The van der Waals surface area contributed by atoms with Crippen molar-refractivity contribution in [3.05, 3.63) is 35.1 Å². The highest BCUT2D eigenvalue weighted by Gasteiger charge is 2.36. The summed E-state index contributed by atoms with van der Waals surface area (Å²) >= 11 is 0. The van der Waals surface area contributed by atoms with Crippen molar-refractivity contribution >= 4 is 21.8 Å². The van der Waals surface area contributed by atoms with Gasteiger partial charge in [-0.15, -0.1) is 0 Å². The number of likely N-dealkylation sites (tertiary alicyclic amines) is 1. The lowest BCUT2D eigenvalue weighted by Gasteiger charge is -2.32. The number of carbonyl (C=O) groups excluding carboxylic acids is 2. The van der Waals surface area contributed by atoms with Gasteiger partial charge in [0.2, 0.25) is 15.9 Å². The summed E-state index contributed by atoms with van der Waals surface area (Å²) in [6.45, 7) is 0.639. The van der Waals surface area contributed by atoms with Gasteiger partial charge >= 0.3 is 6.18 Å². The summed E-state index contributed by atoms with van der Waals surface area (Å²) in [5, 5.41) is 2.11. The molecule has 0 radical (unpaired) electrons. The van der Waals surface area contributed by atoms with E-state index in [1.165, 1.54) is 4.90 Å². The summed E-state index contributed by atoms with van der Waals surface area (Å²) in [6, 6.07) is 1.67. The molecule has 12 heteroatoms. The van der Waals surface area contributed by atoms with Crippen molar-refractivity contribution in [3.8, 4) is 0 Å². The van der Waals surface area contributed by atoms with E-state index in [4.69, 9.17) is 0 Å². The summed E-state index contributed by atoms with van der Waals surface area (Å²) in [6.07, 6.45) is -2.47. The number of nitrogens with zero attached hydrogens (tertiary/aromatic N) is 1. The van der Waals surface area contributed by atoms with Gasteiger partial charge in [-0.25, -0.2) is 17.5 Å². The van der Waals surface area contributed by atoms with E-state index >= 15 is 0 Å². The molecule has 0 atom stereocenters. The Labute approximate surface area is 177 Å². The number of rotatable bonds is 7. The molecule has 3 rings (SSSR count). The molecule has 2 N–H and O–H groups in total. The third-order valence-corrected chi connectivity index (χ3v) is 7.29. The summed E-state index contributed by atoms with van der Waals surface area (Å²) in [5.74, 6) is -2.29. The van der Waals surface area contributed by atoms with Crippen LogP contribution in [0.25, 0.3) is 0 Å². The number of piperidine rings is 1. The summed E-state index contributed by atoms with van der Waals surface area (Å²) < 4.78 is 77.7. The number of carbonyl (C=O) groups is 2. The van der Waals surface area contributed by atoms with E-state index in [-0.39, 0.29) is 24.9 Å². The Morgan fingerprint density at radius 2 is 1.71 bits per heavy atom. The first-order valence-electron chi connectivity index (χ1n) is 9.88. The van der Waals surface area contributed by atoms with E-state index in [1.54, 1.807) is 0 Å². The predicted octanol–water partition coefficient (Wildman–Crippen LogP) is 1.89. The average molecular weight is 465 g/mol. The Morgan fingerprint density at radius 1 is 1.06 bits per heavy atom. The van der Waals surface area contributed by atoms with E-state index < -0.39 is 44.3 Å². The van der Waals surface area contributed by atoms with Crippen LogP contribution in [0, 0.1) is 11.7 Å². The standard InChI is InChI=1S/C19H23F4N3O4S/c20-15-8-13(7-14(9-15)19(21,22)23)18(28)24-10-12-3-5-26(6-4-12)17(27)11-25-31(29,30)16-1-2-16/h7-9,12,16,25H,1-6,10-11H2,(H,24,28). The first-order valence-corrected chi connectivity index (χ1v) is 11.4. The lowest BCUT2D eigenvalue weighted by Crippen LogP contribution is -2.46. The van der Waals surface area contributed by atoms with Crippen molar-refractivity contribution in [2.24, 2.45) is 5.92 Å². The molecular formula is C19H23F4N3O4S. The minimum Gasteiger partial charge on any atom is -0.352 e. The largest absolute Gasteiger partial charge is 0.416 e. The third kappa shape index (κ3) is 6.39. The number of hydrogen-bond acceptors (Lipinski definition) is 4. The van der Waals surface area contributed by atoms with Gasteiger partial charge in [-0.2, -0.15) is 13.2 Å². The van der Waals surface area contributed by atoms with E-state index in [9.17, 15) is 35.6 Å². The molecule has 1 heterocycles. The van der Waals surface area contributed by atoms with Crippen LogP contribution in [0.15, 0.2) is 18.2 Å². The van der Waals surface area contributed by atoms with Crippen molar-refractivity contribution in [2.75, 3.05) is 26.2 Å².